The van der Waals surface area contributed by atoms with Gasteiger partial charge in [0.25, 0.3) is 0 Å². The quantitative estimate of drug-likeness (QED) is 0.761. The number of anilines is 1. The Labute approximate surface area is 90.1 Å². The number of aromatic nitrogens is 2. The minimum Gasteiger partial charge on any atom is -0.383 e. The monoisotopic (exact) mass is 203 g/mol. The number of fused-ring (bicyclic) bond motifs is 1. The molecule has 1 saturated carbocycles. The molecule has 0 atom stereocenters. The Morgan fingerprint density at radius 3 is 2.67 bits per heavy atom. The third-order valence-corrected chi connectivity index (χ3v) is 3.64. The molecule has 3 rings (SSSR count). The van der Waals surface area contributed by atoms with E-state index in [9.17, 15) is 0 Å². The molecule has 0 spiro atoms. The van der Waals surface area contributed by atoms with Crippen LogP contribution in [-0.4, -0.2) is 9.97 Å². The van der Waals surface area contributed by atoms with Crippen LogP contribution in [0.2, 0.25) is 0 Å². The van der Waals surface area contributed by atoms with Gasteiger partial charge in [0, 0.05) is 17.2 Å². The van der Waals surface area contributed by atoms with E-state index in [1.54, 1.807) is 0 Å². The zero-order chi connectivity index (χ0) is 10.6. The molecule has 1 fully saturated rings. The van der Waals surface area contributed by atoms with Crippen LogP contribution in [0.3, 0.4) is 0 Å². The highest BCUT2D eigenvalue weighted by Crippen LogP contribution is 2.43. The molecule has 0 bridgehead atoms. The lowest BCUT2D eigenvalue weighted by molar-refractivity contribution is 0.523. The summed E-state index contributed by atoms with van der Waals surface area (Å²) in [5.74, 6) is 2.31. The third kappa shape index (κ3) is 1.33. The first kappa shape index (κ1) is 9.13. The van der Waals surface area contributed by atoms with Crippen LogP contribution < -0.4 is 5.73 Å². The molecule has 3 heteroatoms. The standard InChI is InChI=1S/C12H17N3/c1-12(2)6-5-8-9(12)10(13)15-11(14-8)7-3-4-7/h7H,3-6H2,1-2H3,(H2,13,14,15). The summed E-state index contributed by atoms with van der Waals surface area (Å²) >= 11 is 0. The predicted octanol–water partition coefficient (Wildman–Crippen LogP) is 2.16. The summed E-state index contributed by atoms with van der Waals surface area (Å²) in [7, 11) is 0. The first-order valence-electron chi connectivity index (χ1n) is 5.75. The minimum absolute atomic E-state index is 0.168. The van der Waals surface area contributed by atoms with Gasteiger partial charge in [-0.2, -0.15) is 0 Å². The number of nitrogen functional groups attached to an aromatic ring is 1. The SMILES string of the molecule is CC1(C)CCc2nc(C3CC3)nc(N)c21. The van der Waals surface area contributed by atoms with Gasteiger partial charge in [-0.15, -0.1) is 0 Å². The Morgan fingerprint density at radius 2 is 2.00 bits per heavy atom. The molecule has 15 heavy (non-hydrogen) atoms. The van der Waals surface area contributed by atoms with Gasteiger partial charge in [-0.05, 0) is 31.1 Å². The number of nitrogens with zero attached hydrogens (tertiary/aromatic N) is 2. The fraction of sp³-hybridized carbons (Fsp3) is 0.667. The zero-order valence-corrected chi connectivity index (χ0v) is 9.38. The van der Waals surface area contributed by atoms with E-state index < -0.39 is 0 Å². The Morgan fingerprint density at radius 1 is 1.27 bits per heavy atom. The highest BCUT2D eigenvalue weighted by Gasteiger charge is 2.36. The van der Waals surface area contributed by atoms with E-state index in [0.717, 1.165) is 24.5 Å². The van der Waals surface area contributed by atoms with Gasteiger partial charge in [0.15, 0.2) is 0 Å². The van der Waals surface area contributed by atoms with Gasteiger partial charge in [0.1, 0.15) is 11.6 Å². The molecular formula is C12H17N3. The Kier molecular flexibility index (Phi) is 1.65. The van der Waals surface area contributed by atoms with Crippen molar-refractivity contribution in [2.24, 2.45) is 0 Å². The predicted molar refractivity (Wildman–Crippen MR) is 59.8 cm³/mol. The molecule has 0 aliphatic heterocycles. The molecule has 1 aromatic rings. The van der Waals surface area contributed by atoms with Crippen molar-refractivity contribution in [3.63, 3.8) is 0 Å². The fourth-order valence-corrected chi connectivity index (χ4v) is 2.54. The van der Waals surface area contributed by atoms with Crippen LogP contribution in [0.25, 0.3) is 0 Å². The molecule has 80 valence electrons. The van der Waals surface area contributed by atoms with Crippen molar-refractivity contribution < 1.29 is 0 Å². The number of nitrogens with two attached hydrogens (primary N) is 1. The molecular weight excluding hydrogens is 186 g/mol. The second kappa shape index (κ2) is 2.71. The van der Waals surface area contributed by atoms with Crippen molar-refractivity contribution in [1.29, 1.82) is 0 Å². The highest BCUT2D eigenvalue weighted by molar-refractivity contribution is 5.50. The zero-order valence-electron chi connectivity index (χ0n) is 9.38. The van der Waals surface area contributed by atoms with Crippen LogP contribution in [0, 0.1) is 0 Å². The normalized spacial score (nSPS) is 22.8. The molecule has 0 radical (unpaired) electrons. The van der Waals surface area contributed by atoms with Crippen LogP contribution in [0.15, 0.2) is 0 Å². The summed E-state index contributed by atoms with van der Waals surface area (Å²) in [6.45, 7) is 4.46. The maximum absolute atomic E-state index is 6.06. The van der Waals surface area contributed by atoms with Gasteiger partial charge in [-0.1, -0.05) is 13.8 Å². The van der Waals surface area contributed by atoms with Crippen molar-refractivity contribution >= 4 is 5.82 Å². The van der Waals surface area contributed by atoms with Crippen LogP contribution in [-0.2, 0) is 11.8 Å². The van der Waals surface area contributed by atoms with Gasteiger partial charge in [-0.25, -0.2) is 9.97 Å². The molecule has 3 nitrogen and oxygen atoms in total. The number of hydrogen-bond donors (Lipinski definition) is 1. The average Bonchev–Trinajstić information content (AvgIpc) is 2.93. The summed E-state index contributed by atoms with van der Waals surface area (Å²) in [4.78, 5) is 9.15. The number of rotatable bonds is 1. The molecule has 2 aliphatic rings. The molecule has 0 unspecified atom stereocenters. The first-order valence-corrected chi connectivity index (χ1v) is 5.75. The van der Waals surface area contributed by atoms with E-state index in [0.29, 0.717) is 5.92 Å². The van der Waals surface area contributed by atoms with E-state index in [1.165, 1.54) is 24.1 Å². The van der Waals surface area contributed by atoms with Gasteiger partial charge >= 0.3 is 0 Å². The van der Waals surface area contributed by atoms with E-state index >= 15 is 0 Å². The van der Waals surface area contributed by atoms with Crippen molar-refractivity contribution in [1.82, 2.24) is 9.97 Å². The maximum Gasteiger partial charge on any atom is 0.134 e. The summed E-state index contributed by atoms with van der Waals surface area (Å²) in [5.41, 5.74) is 8.63. The molecule has 0 aromatic carbocycles. The summed E-state index contributed by atoms with van der Waals surface area (Å²) < 4.78 is 0. The summed E-state index contributed by atoms with van der Waals surface area (Å²) in [5, 5.41) is 0. The molecule has 2 N–H and O–H groups in total. The Bertz CT molecular complexity index is 419. The van der Waals surface area contributed by atoms with Gasteiger partial charge < -0.3 is 5.73 Å². The van der Waals surface area contributed by atoms with Crippen molar-refractivity contribution in [2.45, 2.75) is 50.9 Å². The lowest BCUT2D eigenvalue weighted by Gasteiger charge is -2.19. The van der Waals surface area contributed by atoms with Crippen LogP contribution >= 0.6 is 0 Å². The van der Waals surface area contributed by atoms with Crippen molar-refractivity contribution in [3.05, 3.63) is 17.1 Å². The third-order valence-electron chi connectivity index (χ3n) is 3.64. The lowest BCUT2D eigenvalue weighted by atomic mass is 9.87. The second-order valence-electron chi connectivity index (χ2n) is 5.45. The van der Waals surface area contributed by atoms with Gasteiger partial charge in [0.2, 0.25) is 0 Å². The molecule has 0 amide bonds. The summed E-state index contributed by atoms with van der Waals surface area (Å²) in [6.07, 6.45) is 4.69. The van der Waals surface area contributed by atoms with Gasteiger partial charge in [0.05, 0.1) is 0 Å². The lowest BCUT2D eigenvalue weighted by Crippen LogP contribution is -2.16. The number of hydrogen-bond acceptors (Lipinski definition) is 3. The van der Waals surface area contributed by atoms with Crippen LogP contribution in [0.4, 0.5) is 5.82 Å². The molecule has 0 saturated heterocycles. The molecule has 2 aliphatic carbocycles. The maximum atomic E-state index is 6.06. The topological polar surface area (TPSA) is 51.8 Å². The average molecular weight is 203 g/mol. The van der Waals surface area contributed by atoms with Crippen LogP contribution in [0.1, 0.15) is 56.1 Å². The summed E-state index contributed by atoms with van der Waals surface area (Å²) in [6, 6.07) is 0. The van der Waals surface area contributed by atoms with E-state index in [2.05, 4.69) is 23.8 Å². The minimum atomic E-state index is 0.168. The molecule has 1 aromatic heterocycles. The van der Waals surface area contributed by atoms with Gasteiger partial charge in [-0.3, -0.25) is 0 Å². The first-order chi connectivity index (χ1) is 7.08. The van der Waals surface area contributed by atoms with E-state index in [1.807, 2.05) is 0 Å². The fourth-order valence-electron chi connectivity index (χ4n) is 2.54. The largest absolute Gasteiger partial charge is 0.383 e. The molecule has 1 heterocycles. The van der Waals surface area contributed by atoms with Crippen molar-refractivity contribution in [2.75, 3.05) is 5.73 Å². The highest BCUT2D eigenvalue weighted by atomic mass is 15.0. The second-order valence-corrected chi connectivity index (χ2v) is 5.45. The smallest absolute Gasteiger partial charge is 0.134 e. The Hall–Kier alpha value is -1.12. The Balaban J connectivity index is 2.13. The van der Waals surface area contributed by atoms with Crippen molar-refractivity contribution in [3.8, 4) is 0 Å². The number of aryl methyl sites for hydroxylation is 1. The van der Waals surface area contributed by atoms with Crippen LogP contribution in [0.5, 0.6) is 0 Å². The van der Waals surface area contributed by atoms with E-state index in [-0.39, 0.29) is 5.41 Å². The van der Waals surface area contributed by atoms with E-state index in [4.69, 9.17) is 5.73 Å².